The first-order valence-corrected chi connectivity index (χ1v) is 8.09. The van der Waals surface area contributed by atoms with Crippen LogP contribution >= 0.6 is 0 Å². The summed E-state index contributed by atoms with van der Waals surface area (Å²) in [6, 6.07) is 0.232. The molecule has 5 nitrogen and oxygen atoms in total. The predicted molar refractivity (Wildman–Crippen MR) is 82.3 cm³/mol. The van der Waals surface area contributed by atoms with Gasteiger partial charge in [-0.05, 0) is 39.5 Å². The van der Waals surface area contributed by atoms with Gasteiger partial charge in [0.25, 0.3) is 0 Å². The first kappa shape index (κ1) is 18.4. The van der Waals surface area contributed by atoms with E-state index in [0.717, 1.165) is 32.3 Å². The summed E-state index contributed by atoms with van der Waals surface area (Å²) in [5.74, 6) is -0.174. The number of carbonyl (C=O) groups is 1. The molecule has 0 aromatic heterocycles. The average molecular weight is 301 g/mol. The van der Waals surface area contributed by atoms with Crippen LogP contribution in [0.2, 0.25) is 0 Å². The van der Waals surface area contributed by atoms with E-state index in [1.54, 1.807) is 0 Å². The molecule has 1 saturated carbocycles. The van der Waals surface area contributed by atoms with Gasteiger partial charge >= 0.3 is 5.97 Å². The van der Waals surface area contributed by atoms with Gasteiger partial charge in [-0.2, -0.15) is 0 Å². The fourth-order valence-corrected chi connectivity index (χ4v) is 3.01. The van der Waals surface area contributed by atoms with E-state index in [-0.39, 0.29) is 18.1 Å². The van der Waals surface area contributed by atoms with Gasteiger partial charge in [0.2, 0.25) is 0 Å². The van der Waals surface area contributed by atoms with Gasteiger partial charge in [0.15, 0.2) is 0 Å². The molecule has 1 rings (SSSR count). The fourth-order valence-electron chi connectivity index (χ4n) is 3.01. The number of esters is 1. The van der Waals surface area contributed by atoms with Crippen molar-refractivity contribution in [3.8, 4) is 0 Å². The van der Waals surface area contributed by atoms with Crippen LogP contribution in [0.5, 0.6) is 0 Å². The van der Waals surface area contributed by atoms with Gasteiger partial charge in [0, 0.05) is 19.1 Å². The second-order valence-corrected chi connectivity index (χ2v) is 6.07. The lowest BCUT2D eigenvalue weighted by molar-refractivity contribution is -0.153. The summed E-state index contributed by atoms with van der Waals surface area (Å²) >= 11 is 0. The van der Waals surface area contributed by atoms with E-state index in [4.69, 9.17) is 14.2 Å². The van der Waals surface area contributed by atoms with Gasteiger partial charge in [-0.15, -0.1) is 0 Å². The van der Waals surface area contributed by atoms with Crippen molar-refractivity contribution in [2.24, 2.45) is 0 Å². The Hall–Kier alpha value is -0.650. The number of methoxy groups -OCH3 is 1. The highest BCUT2D eigenvalue weighted by atomic mass is 16.5. The van der Waals surface area contributed by atoms with Crippen molar-refractivity contribution < 1.29 is 19.0 Å². The smallest absolute Gasteiger partial charge is 0.326 e. The van der Waals surface area contributed by atoms with Crippen molar-refractivity contribution in [1.29, 1.82) is 0 Å². The van der Waals surface area contributed by atoms with Crippen molar-refractivity contribution in [1.82, 2.24) is 5.32 Å². The summed E-state index contributed by atoms with van der Waals surface area (Å²) in [4.78, 5) is 12.2. The zero-order valence-electron chi connectivity index (χ0n) is 13.9. The van der Waals surface area contributed by atoms with Crippen LogP contribution in [0.4, 0.5) is 0 Å². The maximum atomic E-state index is 12.2. The first-order chi connectivity index (χ1) is 10.0. The Morgan fingerprint density at radius 1 is 1.33 bits per heavy atom. The van der Waals surface area contributed by atoms with Gasteiger partial charge < -0.3 is 14.2 Å². The number of hydrogen-bond donors (Lipinski definition) is 1. The molecule has 0 bridgehead atoms. The highest BCUT2D eigenvalue weighted by molar-refractivity contribution is 5.81. The van der Waals surface area contributed by atoms with E-state index in [9.17, 15) is 4.79 Å². The third-order valence-corrected chi connectivity index (χ3v) is 3.78. The van der Waals surface area contributed by atoms with Crippen molar-refractivity contribution in [2.45, 2.75) is 70.6 Å². The molecule has 0 heterocycles. The zero-order valence-corrected chi connectivity index (χ0v) is 13.9. The van der Waals surface area contributed by atoms with Crippen LogP contribution in [-0.4, -0.2) is 50.6 Å². The van der Waals surface area contributed by atoms with E-state index in [0.29, 0.717) is 19.6 Å². The van der Waals surface area contributed by atoms with Gasteiger partial charge in [0.1, 0.15) is 5.54 Å². The maximum absolute atomic E-state index is 12.2. The molecule has 21 heavy (non-hydrogen) atoms. The van der Waals surface area contributed by atoms with Crippen LogP contribution in [-0.2, 0) is 19.0 Å². The molecule has 0 aliphatic heterocycles. The van der Waals surface area contributed by atoms with E-state index in [2.05, 4.69) is 12.2 Å². The Bertz CT molecular complexity index is 309. The second kappa shape index (κ2) is 9.38. The molecule has 1 aliphatic rings. The Morgan fingerprint density at radius 3 is 2.71 bits per heavy atom. The summed E-state index contributed by atoms with van der Waals surface area (Å²) in [5, 5.41) is 3.40. The number of nitrogens with one attached hydrogen (secondary N) is 1. The topological polar surface area (TPSA) is 56.8 Å². The van der Waals surface area contributed by atoms with Gasteiger partial charge in [-0.3, -0.25) is 10.1 Å². The molecular formula is C16H31NO4. The summed E-state index contributed by atoms with van der Waals surface area (Å²) in [5.41, 5.74) is -0.601. The Kier molecular flexibility index (Phi) is 8.22. The van der Waals surface area contributed by atoms with Crippen LogP contribution in [0.15, 0.2) is 0 Å². The summed E-state index contributed by atoms with van der Waals surface area (Å²) < 4.78 is 16.3. The molecule has 1 aliphatic carbocycles. The molecular weight excluding hydrogens is 270 g/mol. The normalized spacial score (nSPS) is 26.0. The monoisotopic (exact) mass is 301 g/mol. The quantitative estimate of drug-likeness (QED) is 0.523. The number of hydrogen-bond acceptors (Lipinski definition) is 5. The van der Waals surface area contributed by atoms with E-state index < -0.39 is 5.54 Å². The molecule has 0 radical (unpaired) electrons. The molecule has 0 amide bonds. The third kappa shape index (κ3) is 5.93. The molecule has 0 saturated heterocycles. The van der Waals surface area contributed by atoms with Gasteiger partial charge in [-0.1, -0.05) is 6.92 Å². The third-order valence-electron chi connectivity index (χ3n) is 3.78. The van der Waals surface area contributed by atoms with Gasteiger partial charge in [0.05, 0.1) is 26.4 Å². The number of ether oxygens (including phenoxy) is 3. The fraction of sp³-hybridized carbons (Fsp3) is 0.938. The predicted octanol–water partition coefficient (Wildman–Crippen LogP) is 2.28. The summed E-state index contributed by atoms with van der Waals surface area (Å²) in [7, 11) is 1.45. The zero-order chi connectivity index (χ0) is 15.7. The minimum Gasteiger partial charge on any atom is -0.468 e. The number of rotatable bonds is 9. The minimum absolute atomic E-state index is 0.0920. The van der Waals surface area contributed by atoms with Crippen LogP contribution in [0.1, 0.15) is 52.9 Å². The molecule has 5 heteroatoms. The Labute approximate surface area is 128 Å². The molecule has 2 unspecified atom stereocenters. The lowest BCUT2D eigenvalue weighted by atomic mass is 9.79. The Balaban J connectivity index is 2.51. The van der Waals surface area contributed by atoms with Crippen molar-refractivity contribution in [3.63, 3.8) is 0 Å². The van der Waals surface area contributed by atoms with Crippen molar-refractivity contribution in [3.05, 3.63) is 0 Å². The molecule has 1 fully saturated rings. The highest BCUT2D eigenvalue weighted by Gasteiger charge is 2.44. The van der Waals surface area contributed by atoms with E-state index in [1.165, 1.54) is 7.11 Å². The SMILES string of the molecule is CCCOCCOC1CCCC(NC(C)C)(C(=O)OC)C1. The first-order valence-electron chi connectivity index (χ1n) is 8.09. The molecule has 0 aromatic rings. The molecule has 0 spiro atoms. The summed E-state index contributed by atoms with van der Waals surface area (Å²) in [6.45, 7) is 8.16. The van der Waals surface area contributed by atoms with Gasteiger partial charge in [-0.25, -0.2) is 0 Å². The van der Waals surface area contributed by atoms with Crippen LogP contribution in [0.25, 0.3) is 0 Å². The van der Waals surface area contributed by atoms with Crippen LogP contribution in [0.3, 0.4) is 0 Å². The number of carbonyl (C=O) groups excluding carboxylic acids is 1. The minimum atomic E-state index is -0.601. The molecule has 124 valence electrons. The van der Waals surface area contributed by atoms with E-state index >= 15 is 0 Å². The second-order valence-electron chi connectivity index (χ2n) is 6.07. The highest BCUT2D eigenvalue weighted by Crippen LogP contribution is 2.31. The van der Waals surface area contributed by atoms with E-state index in [1.807, 2.05) is 13.8 Å². The average Bonchev–Trinajstić information content (AvgIpc) is 2.45. The lowest BCUT2D eigenvalue weighted by Crippen LogP contribution is -2.58. The Morgan fingerprint density at radius 2 is 2.10 bits per heavy atom. The summed E-state index contributed by atoms with van der Waals surface area (Å²) in [6.07, 6.45) is 4.55. The molecule has 0 aromatic carbocycles. The molecule has 1 N–H and O–H groups in total. The van der Waals surface area contributed by atoms with Crippen molar-refractivity contribution in [2.75, 3.05) is 26.9 Å². The maximum Gasteiger partial charge on any atom is 0.326 e. The van der Waals surface area contributed by atoms with Crippen molar-refractivity contribution >= 4 is 5.97 Å². The largest absolute Gasteiger partial charge is 0.468 e. The van der Waals surface area contributed by atoms with Crippen LogP contribution < -0.4 is 5.32 Å². The molecule has 2 atom stereocenters. The standard InChI is InChI=1S/C16H31NO4/c1-5-9-20-10-11-21-14-7-6-8-16(12-14,15(18)19-4)17-13(2)3/h13-14,17H,5-12H2,1-4H3. The van der Waals surface area contributed by atoms with Crippen LogP contribution in [0, 0.1) is 0 Å². The lowest BCUT2D eigenvalue weighted by Gasteiger charge is -2.40.